The summed E-state index contributed by atoms with van der Waals surface area (Å²) < 4.78 is 5.80. The normalized spacial score (nSPS) is 24.3. The van der Waals surface area contributed by atoms with E-state index < -0.39 is 6.10 Å². The molecule has 1 amide bonds. The van der Waals surface area contributed by atoms with Crippen LogP contribution < -0.4 is 0 Å². The van der Waals surface area contributed by atoms with E-state index in [0.29, 0.717) is 18.8 Å². The van der Waals surface area contributed by atoms with E-state index in [1.54, 1.807) is 22.3 Å². The Morgan fingerprint density at radius 3 is 2.77 bits per heavy atom. The number of hydrogen-bond donors (Lipinski definition) is 1. The molecule has 2 saturated heterocycles. The predicted molar refractivity (Wildman–Crippen MR) is 102 cm³/mol. The van der Waals surface area contributed by atoms with Crippen molar-refractivity contribution in [2.45, 2.75) is 44.8 Å². The predicted octanol–water partition coefficient (Wildman–Crippen LogP) is 3.24. The van der Waals surface area contributed by atoms with Gasteiger partial charge in [-0.25, -0.2) is 0 Å². The molecule has 4 heterocycles. The number of nitrogens with zero attached hydrogens (tertiary/aromatic N) is 2. The fourth-order valence-electron chi connectivity index (χ4n) is 4.08. The third-order valence-electron chi connectivity index (χ3n) is 5.56. The molecular formula is C20H26N2O3S. The first-order chi connectivity index (χ1) is 12.6. The van der Waals surface area contributed by atoms with E-state index in [1.165, 1.54) is 23.3 Å². The highest BCUT2D eigenvalue weighted by molar-refractivity contribution is 7.10. The highest BCUT2D eigenvalue weighted by atomic mass is 32.1. The van der Waals surface area contributed by atoms with Crippen molar-refractivity contribution < 1.29 is 14.3 Å². The van der Waals surface area contributed by atoms with Crippen LogP contribution in [0.4, 0.5) is 0 Å². The van der Waals surface area contributed by atoms with Gasteiger partial charge < -0.3 is 14.4 Å². The zero-order valence-corrected chi connectivity index (χ0v) is 16.0. The highest BCUT2D eigenvalue weighted by Gasteiger charge is 2.33. The van der Waals surface area contributed by atoms with Crippen molar-refractivity contribution >= 4 is 17.2 Å². The number of aliphatic hydroxyl groups excluding tert-OH is 1. The van der Waals surface area contributed by atoms with Crippen LogP contribution >= 0.6 is 11.3 Å². The van der Waals surface area contributed by atoms with Gasteiger partial charge in [0.05, 0.1) is 12.6 Å². The Morgan fingerprint density at radius 1 is 1.27 bits per heavy atom. The molecule has 0 unspecified atom stereocenters. The summed E-state index contributed by atoms with van der Waals surface area (Å²) in [6.45, 7) is 6.08. The summed E-state index contributed by atoms with van der Waals surface area (Å²) in [5, 5.41) is 12.7. The van der Waals surface area contributed by atoms with Gasteiger partial charge >= 0.3 is 0 Å². The van der Waals surface area contributed by atoms with Crippen LogP contribution in [0.25, 0.3) is 0 Å². The maximum atomic E-state index is 12.8. The fraction of sp³-hybridized carbons (Fsp3) is 0.550. The molecule has 2 aliphatic rings. The number of likely N-dealkylation sites (tertiary alicyclic amines) is 2. The average Bonchev–Trinajstić information content (AvgIpc) is 3.37. The Balaban J connectivity index is 1.38. The molecule has 140 valence electrons. The van der Waals surface area contributed by atoms with Gasteiger partial charge in [0, 0.05) is 23.9 Å². The van der Waals surface area contributed by atoms with Gasteiger partial charge in [-0.1, -0.05) is 0 Å². The smallest absolute Gasteiger partial charge is 0.289 e. The lowest BCUT2D eigenvalue weighted by Crippen LogP contribution is -2.45. The Bertz CT molecular complexity index is 763. The highest BCUT2D eigenvalue weighted by Crippen LogP contribution is 2.34. The minimum absolute atomic E-state index is 0.113. The first-order valence-electron chi connectivity index (χ1n) is 9.44. The van der Waals surface area contributed by atoms with Crippen molar-refractivity contribution in [3.05, 3.63) is 45.5 Å². The van der Waals surface area contributed by atoms with Gasteiger partial charge in [-0.05, 0) is 68.4 Å². The number of carbonyl (C=O) groups is 1. The summed E-state index contributed by atoms with van der Waals surface area (Å²) >= 11 is 1.70. The lowest BCUT2D eigenvalue weighted by Gasteiger charge is -2.35. The molecule has 2 aliphatic heterocycles. The van der Waals surface area contributed by atoms with Crippen molar-refractivity contribution in [2.24, 2.45) is 0 Å². The summed E-state index contributed by atoms with van der Waals surface area (Å²) in [5.74, 6) is 1.25. The van der Waals surface area contributed by atoms with Gasteiger partial charge in [0.1, 0.15) is 5.76 Å². The number of aryl methyl sites for hydroxylation is 1. The van der Waals surface area contributed by atoms with E-state index in [0.717, 1.165) is 31.8 Å². The largest absolute Gasteiger partial charge is 0.455 e. The van der Waals surface area contributed by atoms with Gasteiger partial charge in [0.25, 0.3) is 5.91 Å². The van der Waals surface area contributed by atoms with Crippen LogP contribution in [-0.4, -0.2) is 53.1 Å². The van der Waals surface area contributed by atoms with Crippen molar-refractivity contribution in [1.29, 1.82) is 0 Å². The maximum absolute atomic E-state index is 12.8. The molecule has 0 saturated carbocycles. The van der Waals surface area contributed by atoms with E-state index in [-0.39, 0.29) is 11.8 Å². The number of rotatable bonds is 4. The van der Waals surface area contributed by atoms with E-state index in [1.807, 2.05) is 6.07 Å². The Labute approximate surface area is 158 Å². The SMILES string of the molecule is Cc1ccsc1[C@@H]1CCN(C(=O)c2ccc(CN3CCCC3)o2)C[C@H]1O. The van der Waals surface area contributed by atoms with Crippen LogP contribution in [0.5, 0.6) is 0 Å². The maximum Gasteiger partial charge on any atom is 0.289 e. The summed E-state index contributed by atoms with van der Waals surface area (Å²) in [4.78, 5) is 18.1. The topological polar surface area (TPSA) is 56.9 Å². The van der Waals surface area contributed by atoms with Crippen LogP contribution in [0.2, 0.25) is 0 Å². The molecule has 2 aromatic rings. The molecule has 0 aliphatic carbocycles. The third kappa shape index (κ3) is 3.59. The second-order valence-electron chi connectivity index (χ2n) is 7.43. The fourth-order valence-corrected chi connectivity index (χ4v) is 5.20. The Hall–Kier alpha value is -1.63. The van der Waals surface area contributed by atoms with E-state index in [2.05, 4.69) is 23.3 Å². The summed E-state index contributed by atoms with van der Waals surface area (Å²) in [5.41, 5.74) is 1.23. The number of aliphatic hydroxyl groups is 1. The Morgan fingerprint density at radius 2 is 2.08 bits per heavy atom. The number of hydrogen-bond acceptors (Lipinski definition) is 5. The monoisotopic (exact) mass is 374 g/mol. The van der Waals surface area contributed by atoms with Gasteiger partial charge in [-0.3, -0.25) is 9.69 Å². The summed E-state index contributed by atoms with van der Waals surface area (Å²) in [6, 6.07) is 5.77. The van der Waals surface area contributed by atoms with E-state index >= 15 is 0 Å². The van der Waals surface area contributed by atoms with E-state index in [4.69, 9.17) is 4.42 Å². The lowest BCUT2D eigenvalue weighted by atomic mass is 9.90. The average molecular weight is 375 g/mol. The molecule has 2 aromatic heterocycles. The second-order valence-corrected chi connectivity index (χ2v) is 8.38. The van der Waals surface area contributed by atoms with Crippen molar-refractivity contribution in [3.8, 4) is 0 Å². The van der Waals surface area contributed by atoms with Crippen LogP contribution in [0.3, 0.4) is 0 Å². The van der Waals surface area contributed by atoms with Gasteiger partial charge in [-0.2, -0.15) is 0 Å². The van der Waals surface area contributed by atoms with Crippen LogP contribution in [-0.2, 0) is 6.54 Å². The number of thiophene rings is 1. The molecule has 6 heteroatoms. The number of furan rings is 1. The minimum Gasteiger partial charge on any atom is -0.455 e. The van der Waals surface area contributed by atoms with Crippen molar-refractivity contribution in [1.82, 2.24) is 9.80 Å². The molecule has 1 N–H and O–H groups in total. The minimum atomic E-state index is -0.524. The van der Waals surface area contributed by atoms with Gasteiger partial charge in [0.15, 0.2) is 5.76 Å². The molecule has 4 rings (SSSR count). The molecule has 5 nitrogen and oxygen atoms in total. The molecule has 26 heavy (non-hydrogen) atoms. The van der Waals surface area contributed by atoms with Crippen molar-refractivity contribution in [2.75, 3.05) is 26.2 Å². The number of carbonyl (C=O) groups excluding carboxylic acids is 1. The second kappa shape index (κ2) is 7.55. The first-order valence-corrected chi connectivity index (χ1v) is 10.3. The van der Waals surface area contributed by atoms with Gasteiger partial charge in [-0.15, -0.1) is 11.3 Å². The molecule has 0 radical (unpaired) electrons. The molecule has 0 spiro atoms. The summed E-state index contributed by atoms with van der Waals surface area (Å²) in [7, 11) is 0. The zero-order valence-electron chi connectivity index (χ0n) is 15.2. The first kappa shape index (κ1) is 17.8. The van der Waals surface area contributed by atoms with Crippen LogP contribution in [0, 0.1) is 6.92 Å². The van der Waals surface area contributed by atoms with Crippen molar-refractivity contribution in [3.63, 3.8) is 0 Å². The zero-order chi connectivity index (χ0) is 18.1. The van der Waals surface area contributed by atoms with E-state index in [9.17, 15) is 9.90 Å². The number of β-amino-alcohol motifs (C(OH)–C–C–N with tert-alkyl or cyclic N) is 1. The third-order valence-corrected chi connectivity index (χ3v) is 6.71. The van der Waals surface area contributed by atoms with Gasteiger partial charge in [0.2, 0.25) is 0 Å². The lowest BCUT2D eigenvalue weighted by molar-refractivity contribution is 0.0362. The quantitative estimate of drug-likeness (QED) is 0.893. The summed E-state index contributed by atoms with van der Waals surface area (Å²) in [6.07, 6.45) is 2.74. The van der Waals surface area contributed by atoms with Crippen LogP contribution in [0.15, 0.2) is 28.0 Å². The number of piperidine rings is 1. The number of amides is 1. The molecule has 0 bridgehead atoms. The Kier molecular flexibility index (Phi) is 5.16. The standard InChI is InChI=1S/C20H26N2O3S/c1-14-7-11-26-19(14)16-6-10-22(13-17(16)23)20(24)18-5-4-15(25-18)12-21-8-2-3-9-21/h4-5,7,11,16-17,23H,2-3,6,8-10,12-13H2,1H3/t16-,17-/m1/s1. The van der Waals surface area contributed by atoms with Crippen LogP contribution in [0.1, 0.15) is 51.9 Å². The molecule has 0 aromatic carbocycles. The molecular weight excluding hydrogens is 348 g/mol. The molecule has 2 atom stereocenters. The molecule has 2 fully saturated rings.